The van der Waals surface area contributed by atoms with Crippen LogP contribution < -0.4 is 15.6 Å². The molecule has 0 radical (unpaired) electrons. The largest absolute Gasteiger partial charge is 0.491 e. The Morgan fingerprint density at radius 2 is 1.84 bits per heavy atom. The number of thiophene rings is 1. The Morgan fingerprint density at radius 1 is 1.13 bits per heavy atom. The van der Waals surface area contributed by atoms with Crippen molar-refractivity contribution in [1.29, 1.82) is 0 Å². The van der Waals surface area contributed by atoms with E-state index in [1.807, 2.05) is 51.1 Å². The molecule has 0 spiro atoms. The Kier molecular flexibility index (Phi) is 5.86. The van der Waals surface area contributed by atoms with Crippen LogP contribution in [-0.2, 0) is 11.3 Å². The quantitative estimate of drug-likeness (QED) is 0.471. The van der Waals surface area contributed by atoms with E-state index in [0.29, 0.717) is 15.9 Å². The van der Waals surface area contributed by atoms with Crippen LogP contribution in [0.5, 0.6) is 5.75 Å². The minimum Gasteiger partial charge on any atom is -0.491 e. The van der Waals surface area contributed by atoms with Gasteiger partial charge in [0, 0.05) is 16.1 Å². The summed E-state index contributed by atoms with van der Waals surface area (Å²) in [6.07, 6.45) is 1.52. The Bertz CT molecular complexity index is 1280. The zero-order chi connectivity index (χ0) is 22.0. The number of hydrogen-bond acceptors (Lipinski definition) is 5. The van der Waals surface area contributed by atoms with Crippen LogP contribution in [0.3, 0.4) is 0 Å². The van der Waals surface area contributed by atoms with Gasteiger partial charge in [0.25, 0.3) is 5.56 Å². The van der Waals surface area contributed by atoms with Crippen LogP contribution in [0.4, 0.5) is 5.69 Å². The first-order valence-corrected chi connectivity index (χ1v) is 10.8. The van der Waals surface area contributed by atoms with E-state index in [-0.39, 0.29) is 24.1 Å². The maximum Gasteiger partial charge on any atom is 0.263 e. The molecule has 6 nitrogen and oxygen atoms in total. The fourth-order valence-corrected chi connectivity index (χ4v) is 4.45. The summed E-state index contributed by atoms with van der Waals surface area (Å²) in [4.78, 5) is 31.9. The molecular weight excluding hydrogens is 410 g/mol. The fourth-order valence-electron chi connectivity index (χ4n) is 3.45. The van der Waals surface area contributed by atoms with E-state index in [0.717, 1.165) is 21.8 Å². The van der Waals surface area contributed by atoms with Crippen molar-refractivity contribution in [2.75, 3.05) is 5.32 Å². The predicted octanol–water partition coefficient (Wildman–Crippen LogP) is 4.86. The summed E-state index contributed by atoms with van der Waals surface area (Å²) in [7, 11) is 0. The van der Waals surface area contributed by atoms with Gasteiger partial charge in [-0.15, -0.1) is 11.3 Å². The summed E-state index contributed by atoms with van der Waals surface area (Å²) in [5, 5.41) is 3.37. The minimum atomic E-state index is -0.297. The number of amides is 1. The number of carbonyl (C=O) groups is 1. The molecule has 0 aliphatic carbocycles. The summed E-state index contributed by atoms with van der Waals surface area (Å²) >= 11 is 1.49. The van der Waals surface area contributed by atoms with Gasteiger partial charge in [-0.2, -0.15) is 0 Å². The number of nitrogens with one attached hydrogen (secondary N) is 1. The highest BCUT2D eigenvalue weighted by molar-refractivity contribution is 7.19. The van der Waals surface area contributed by atoms with Gasteiger partial charge in [-0.3, -0.25) is 14.2 Å². The number of aryl methyl sites for hydroxylation is 1. The number of hydrogen-bond donors (Lipinski definition) is 1. The van der Waals surface area contributed by atoms with Crippen molar-refractivity contribution in [3.63, 3.8) is 0 Å². The maximum atomic E-state index is 13.2. The molecule has 4 rings (SSSR count). The van der Waals surface area contributed by atoms with Crippen molar-refractivity contribution >= 4 is 33.1 Å². The van der Waals surface area contributed by atoms with Crippen LogP contribution in [0.1, 0.15) is 18.7 Å². The zero-order valence-electron chi connectivity index (χ0n) is 17.6. The van der Waals surface area contributed by atoms with E-state index in [9.17, 15) is 9.59 Å². The molecule has 0 atom stereocenters. The first-order chi connectivity index (χ1) is 14.9. The van der Waals surface area contributed by atoms with E-state index in [1.165, 1.54) is 22.2 Å². The highest BCUT2D eigenvalue weighted by atomic mass is 32.1. The molecule has 158 valence electrons. The SMILES string of the molecule is Cc1sc2ncn(CC(=O)Nc3ccc(OC(C)C)cc3)c(=O)c2c1-c1ccccc1. The molecule has 2 heterocycles. The third kappa shape index (κ3) is 4.51. The highest BCUT2D eigenvalue weighted by Crippen LogP contribution is 2.35. The first-order valence-electron chi connectivity index (χ1n) is 10.0. The molecular formula is C24H23N3O3S. The van der Waals surface area contributed by atoms with Gasteiger partial charge in [-0.25, -0.2) is 4.98 Å². The lowest BCUT2D eigenvalue weighted by Crippen LogP contribution is -2.27. The summed E-state index contributed by atoms with van der Waals surface area (Å²) in [5.41, 5.74) is 2.27. The number of benzene rings is 2. The van der Waals surface area contributed by atoms with E-state index < -0.39 is 0 Å². The molecule has 7 heteroatoms. The van der Waals surface area contributed by atoms with E-state index >= 15 is 0 Å². The number of ether oxygens (including phenoxy) is 1. The second-order valence-electron chi connectivity index (χ2n) is 7.50. The molecule has 0 saturated heterocycles. The van der Waals surface area contributed by atoms with Gasteiger partial charge in [0.1, 0.15) is 17.1 Å². The molecule has 0 aliphatic rings. The molecule has 0 bridgehead atoms. The lowest BCUT2D eigenvalue weighted by molar-refractivity contribution is -0.116. The Labute approximate surface area is 184 Å². The average Bonchev–Trinajstić information content (AvgIpc) is 3.08. The van der Waals surface area contributed by atoms with Crippen LogP contribution in [0.2, 0.25) is 0 Å². The summed E-state index contributed by atoms with van der Waals surface area (Å²) in [5.74, 6) is 0.439. The molecule has 0 saturated carbocycles. The Balaban J connectivity index is 1.58. The Morgan fingerprint density at radius 3 is 2.52 bits per heavy atom. The van der Waals surface area contributed by atoms with Crippen molar-refractivity contribution in [3.05, 3.63) is 76.2 Å². The van der Waals surface area contributed by atoms with Crippen molar-refractivity contribution in [2.24, 2.45) is 0 Å². The lowest BCUT2D eigenvalue weighted by atomic mass is 10.0. The van der Waals surface area contributed by atoms with E-state index in [1.54, 1.807) is 24.3 Å². The third-order valence-corrected chi connectivity index (χ3v) is 5.75. The summed E-state index contributed by atoms with van der Waals surface area (Å²) in [6.45, 7) is 5.78. The smallest absolute Gasteiger partial charge is 0.263 e. The molecule has 0 aliphatic heterocycles. The van der Waals surface area contributed by atoms with Crippen molar-refractivity contribution in [2.45, 2.75) is 33.4 Å². The van der Waals surface area contributed by atoms with E-state index in [4.69, 9.17) is 4.74 Å². The molecule has 0 fully saturated rings. The van der Waals surface area contributed by atoms with Crippen molar-refractivity contribution in [3.8, 4) is 16.9 Å². The van der Waals surface area contributed by atoms with Crippen LogP contribution in [-0.4, -0.2) is 21.6 Å². The van der Waals surface area contributed by atoms with E-state index in [2.05, 4.69) is 10.3 Å². The first kappa shape index (κ1) is 20.8. The third-order valence-electron chi connectivity index (χ3n) is 4.74. The molecule has 2 aromatic heterocycles. The van der Waals surface area contributed by atoms with Gasteiger partial charge in [0.05, 0.1) is 17.8 Å². The second-order valence-corrected chi connectivity index (χ2v) is 8.70. The molecule has 1 N–H and O–H groups in total. The summed E-state index contributed by atoms with van der Waals surface area (Å²) in [6, 6.07) is 16.9. The molecule has 4 aromatic rings. The fraction of sp³-hybridized carbons (Fsp3) is 0.208. The number of carbonyl (C=O) groups excluding carboxylic acids is 1. The Hall–Kier alpha value is -3.45. The number of anilines is 1. The van der Waals surface area contributed by atoms with Crippen LogP contribution in [0, 0.1) is 6.92 Å². The minimum absolute atomic E-state index is 0.0799. The van der Waals surface area contributed by atoms with Gasteiger partial charge < -0.3 is 10.1 Å². The van der Waals surface area contributed by atoms with Gasteiger partial charge in [0.2, 0.25) is 5.91 Å². The topological polar surface area (TPSA) is 73.2 Å². The number of aromatic nitrogens is 2. The number of fused-ring (bicyclic) bond motifs is 1. The zero-order valence-corrected chi connectivity index (χ0v) is 18.4. The maximum absolute atomic E-state index is 13.2. The van der Waals surface area contributed by atoms with Gasteiger partial charge in [-0.1, -0.05) is 30.3 Å². The monoisotopic (exact) mass is 433 g/mol. The van der Waals surface area contributed by atoms with Crippen LogP contribution >= 0.6 is 11.3 Å². The molecule has 2 aromatic carbocycles. The number of rotatable bonds is 6. The van der Waals surface area contributed by atoms with Gasteiger partial charge >= 0.3 is 0 Å². The van der Waals surface area contributed by atoms with Crippen LogP contribution in [0.15, 0.2) is 65.7 Å². The standard InChI is InChI=1S/C24H23N3O3S/c1-15(2)30-19-11-9-18(10-12-19)26-20(28)13-27-14-25-23-22(24(27)29)21(16(3)31-23)17-7-5-4-6-8-17/h4-12,14-15H,13H2,1-3H3,(H,26,28). The lowest BCUT2D eigenvalue weighted by Gasteiger charge is -2.11. The summed E-state index contributed by atoms with van der Waals surface area (Å²) < 4.78 is 6.96. The predicted molar refractivity (Wildman–Crippen MR) is 125 cm³/mol. The average molecular weight is 434 g/mol. The molecule has 31 heavy (non-hydrogen) atoms. The molecule has 0 unspecified atom stereocenters. The van der Waals surface area contributed by atoms with Crippen LogP contribution in [0.25, 0.3) is 21.3 Å². The van der Waals surface area contributed by atoms with Gasteiger partial charge in [0.15, 0.2) is 0 Å². The van der Waals surface area contributed by atoms with Crippen molar-refractivity contribution in [1.82, 2.24) is 9.55 Å². The normalized spacial score (nSPS) is 11.1. The van der Waals surface area contributed by atoms with Gasteiger partial charge in [-0.05, 0) is 50.6 Å². The second kappa shape index (κ2) is 8.73. The number of nitrogens with zero attached hydrogens (tertiary/aromatic N) is 2. The molecule has 1 amide bonds. The highest BCUT2D eigenvalue weighted by Gasteiger charge is 2.17. The van der Waals surface area contributed by atoms with Crippen molar-refractivity contribution < 1.29 is 9.53 Å².